The van der Waals surface area contributed by atoms with E-state index in [1.54, 1.807) is 24.1 Å². The van der Waals surface area contributed by atoms with E-state index < -0.39 is 6.10 Å². The summed E-state index contributed by atoms with van der Waals surface area (Å²) < 4.78 is 13.0. The molecule has 1 aliphatic heterocycles. The molecule has 24 heavy (non-hydrogen) atoms. The van der Waals surface area contributed by atoms with Gasteiger partial charge in [0.15, 0.2) is 0 Å². The highest BCUT2D eigenvalue weighted by Gasteiger charge is 2.19. The van der Waals surface area contributed by atoms with Crippen molar-refractivity contribution in [2.75, 3.05) is 18.5 Å². The Morgan fingerprint density at radius 3 is 3.00 bits per heavy atom. The lowest BCUT2D eigenvalue weighted by molar-refractivity contribution is -0.130. The van der Waals surface area contributed by atoms with Gasteiger partial charge in [-0.05, 0) is 44.4 Å². The summed E-state index contributed by atoms with van der Waals surface area (Å²) in [7, 11) is 0. The average molecular weight is 330 g/mol. The highest BCUT2D eigenvalue weighted by atomic mass is 16.5. The van der Waals surface area contributed by atoms with Crippen molar-refractivity contribution in [3.05, 3.63) is 36.9 Å². The number of ether oxygens (including phenoxy) is 2. The van der Waals surface area contributed by atoms with Crippen LogP contribution in [0.4, 0.5) is 5.69 Å². The van der Waals surface area contributed by atoms with Crippen LogP contribution < -0.4 is 5.32 Å². The molecule has 2 atom stereocenters. The zero-order chi connectivity index (χ0) is 16.8. The molecule has 0 aliphatic carbocycles. The standard InChI is InChI=1S/C17H22N4O3/c1-13(24-10-16-7-2-3-8-23-16)17(22)20-14-5-4-6-15(9-14)21-11-18-19-12-21/h4-6,9,11-13,16H,2-3,7-8,10H2,1H3,(H,20,22). The molecule has 1 aromatic carbocycles. The number of nitrogens with zero attached hydrogens (tertiary/aromatic N) is 3. The Bertz CT molecular complexity index is 654. The number of aromatic nitrogens is 3. The van der Waals surface area contributed by atoms with E-state index in [1.165, 1.54) is 0 Å². The number of benzene rings is 1. The lowest BCUT2D eigenvalue weighted by Gasteiger charge is -2.23. The summed E-state index contributed by atoms with van der Waals surface area (Å²) in [5, 5.41) is 10.4. The Balaban J connectivity index is 1.53. The fourth-order valence-corrected chi connectivity index (χ4v) is 2.59. The van der Waals surface area contributed by atoms with Gasteiger partial charge in [0.05, 0.1) is 18.4 Å². The van der Waals surface area contributed by atoms with E-state index >= 15 is 0 Å². The second kappa shape index (κ2) is 8.03. The zero-order valence-corrected chi connectivity index (χ0v) is 13.7. The van der Waals surface area contributed by atoms with Gasteiger partial charge in [0.1, 0.15) is 18.8 Å². The molecule has 7 heteroatoms. The number of hydrogen-bond donors (Lipinski definition) is 1. The summed E-state index contributed by atoms with van der Waals surface area (Å²) in [4.78, 5) is 12.3. The Hall–Kier alpha value is -2.25. The van der Waals surface area contributed by atoms with Gasteiger partial charge in [-0.15, -0.1) is 10.2 Å². The molecule has 1 amide bonds. The molecule has 0 saturated carbocycles. The Labute approximate surface area is 141 Å². The molecule has 128 valence electrons. The van der Waals surface area contributed by atoms with E-state index in [0.717, 1.165) is 31.6 Å². The van der Waals surface area contributed by atoms with Crippen LogP contribution in [0.3, 0.4) is 0 Å². The maximum Gasteiger partial charge on any atom is 0.253 e. The van der Waals surface area contributed by atoms with Crippen molar-refractivity contribution in [2.24, 2.45) is 0 Å². The number of nitrogens with one attached hydrogen (secondary N) is 1. The molecule has 1 saturated heterocycles. The van der Waals surface area contributed by atoms with Gasteiger partial charge in [-0.3, -0.25) is 9.36 Å². The van der Waals surface area contributed by atoms with Crippen LogP contribution in [0.15, 0.2) is 36.9 Å². The predicted molar refractivity (Wildman–Crippen MR) is 89.0 cm³/mol. The normalized spacial score (nSPS) is 19.0. The molecule has 1 N–H and O–H groups in total. The number of rotatable bonds is 6. The van der Waals surface area contributed by atoms with E-state index in [4.69, 9.17) is 9.47 Å². The van der Waals surface area contributed by atoms with E-state index in [-0.39, 0.29) is 12.0 Å². The highest BCUT2D eigenvalue weighted by Crippen LogP contribution is 2.16. The lowest BCUT2D eigenvalue weighted by atomic mass is 10.1. The van der Waals surface area contributed by atoms with Gasteiger partial charge in [0.25, 0.3) is 5.91 Å². The minimum atomic E-state index is -0.533. The summed E-state index contributed by atoms with van der Waals surface area (Å²) in [5.74, 6) is -0.174. The summed E-state index contributed by atoms with van der Waals surface area (Å²) in [5.41, 5.74) is 1.58. The zero-order valence-electron chi connectivity index (χ0n) is 13.7. The number of hydrogen-bond acceptors (Lipinski definition) is 5. The second-order valence-electron chi connectivity index (χ2n) is 5.87. The molecule has 7 nitrogen and oxygen atoms in total. The summed E-state index contributed by atoms with van der Waals surface area (Å²) in [6.07, 6.45) is 6.04. The smallest absolute Gasteiger partial charge is 0.253 e. The van der Waals surface area contributed by atoms with Gasteiger partial charge >= 0.3 is 0 Å². The van der Waals surface area contributed by atoms with E-state index in [2.05, 4.69) is 15.5 Å². The molecule has 0 spiro atoms. The van der Waals surface area contributed by atoms with Gasteiger partial charge in [-0.2, -0.15) is 0 Å². The summed E-state index contributed by atoms with van der Waals surface area (Å²) >= 11 is 0. The number of anilines is 1. The van der Waals surface area contributed by atoms with Crippen molar-refractivity contribution in [1.29, 1.82) is 0 Å². The van der Waals surface area contributed by atoms with Gasteiger partial charge in [-0.1, -0.05) is 6.07 Å². The van der Waals surface area contributed by atoms with Crippen LogP contribution in [0.2, 0.25) is 0 Å². The van der Waals surface area contributed by atoms with E-state index in [1.807, 2.05) is 24.3 Å². The minimum Gasteiger partial charge on any atom is -0.376 e. The molecular formula is C17H22N4O3. The van der Waals surface area contributed by atoms with Crippen LogP contribution in [-0.2, 0) is 14.3 Å². The van der Waals surface area contributed by atoms with Crippen LogP contribution in [-0.4, -0.2) is 46.1 Å². The van der Waals surface area contributed by atoms with Crippen molar-refractivity contribution in [3.8, 4) is 5.69 Å². The van der Waals surface area contributed by atoms with E-state index in [9.17, 15) is 4.79 Å². The number of carbonyl (C=O) groups excluding carboxylic acids is 1. The molecule has 0 radical (unpaired) electrons. The third kappa shape index (κ3) is 4.39. The van der Waals surface area contributed by atoms with Crippen molar-refractivity contribution >= 4 is 11.6 Å². The van der Waals surface area contributed by atoms with Crippen LogP contribution in [0.5, 0.6) is 0 Å². The molecule has 1 fully saturated rings. The highest BCUT2D eigenvalue weighted by molar-refractivity contribution is 5.94. The van der Waals surface area contributed by atoms with Gasteiger partial charge < -0.3 is 14.8 Å². The average Bonchev–Trinajstić information content (AvgIpc) is 3.15. The maximum atomic E-state index is 12.3. The first-order valence-corrected chi connectivity index (χ1v) is 8.21. The van der Waals surface area contributed by atoms with Crippen LogP contribution >= 0.6 is 0 Å². The van der Waals surface area contributed by atoms with Gasteiger partial charge in [0, 0.05) is 12.3 Å². The summed E-state index contributed by atoms with van der Waals surface area (Å²) in [6, 6.07) is 7.48. The molecular weight excluding hydrogens is 308 g/mol. The monoisotopic (exact) mass is 330 g/mol. The quantitative estimate of drug-likeness (QED) is 0.878. The third-order valence-corrected chi connectivity index (χ3v) is 4.01. The van der Waals surface area contributed by atoms with Crippen LogP contribution in [0, 0.1) is 0 Å². The maximum absolute atomic E-state index is 12.3. The van der Waals surface area contributed by atoms with Crippen molar-refractivity contribution in [1.82, 2.24) is 14.8 Å². The molecule has 3 rings (SSSR count). The molecule has 2 aromatic rings. The molecule has 2 unspecified atom stereocenters. The molecule has 1 aliphatic rings. The largest absolute Gasteiger partial charge is 0.376 e. The SMILES string of the molecule is CC(OCC1CCCCO1)C(=O)Nc1cccc(-n2cnnc2)c1. The first-order valence-electron chi connectivity index (χ1n) is 8.21. The predicted octanol–water partition coefficient (Wildman–Crippen LogP) is 2.18. The number of carbonyl (C=O) groups is 1. The van der Waals surface area contributed by atoms with Crippen molar-refractivity contribution in [2.45, 2.75) is 38.4 Å². The van der Waals surface area contributed by atoms with Crippen LogP contribution in [0.1, 0.15) is 26.2 Å². The third-order valence-electron chi connectivity index (χ3n) is 4.01. The topological polar surface area (TPSA) is 78.3 Å². The molecule has 0 bridgehead atoms. The first-order chi connectivity index (χ1) is 11.7. The van der Waals surface area contributed by atoms with Crippen molar-refractivity contribution in [3.63, 3.8) is 0 Å². The fourth-order valence-electron chi connectivity index (χ4n) is 2.59. The fraction of sp³-hybridized carbons (Fsp3) is 0.471. The lowest BCUT2D eigenvalue weighted by Crippen LogP contribution is -2.32. The second-order valence-corrected chi connectivity index (χ2v) is 5.87. The summed E-state index contributed by atoms with van der Waals surface area (Å²) in [6.45, 7) is 2.99. The van der Waals surface area contributed by atoms with Crippen LogP contribution in [0.25, 0.3) is 5.69 Å². The minimum absolute atomic E-state index is 0.103. The van der Waals surface area contributed by atoms with Gasteiger partial charge in [-0.25, -0.2) is 0 Å². The van der Waals surface area contributed by atoms with Crippen molar-refractivity contribution < 1.29 is 14.3 Å². The Morgan fingerprint density at radius 1 is 1.42 bits per heavy atom. The Morgan fingerprint density at radius 2 is 2.25 bits per heavy atom. The Kier molecular flexibility index (Phi) is 5.55. The van der Waals surface area contributed by atoms with Gasteiger partial charge in [0.2, 0.25) is 0 Å². The number of amides is 1. The van der Waals surface area contributed by atoms with E-state index in [0.29, 0.717) is 12.3 Å². The first kappa shape index (κ1) is 16.6. The molecule has 1 aromatic heterocycles. The molecule has 2 heterocycles.